The summed E-state index contributed by atoms with van der Waals surface area (Å²) in [4.78, 5) is 13.7. The summed E-state index contributed by atoms with van der Waals surface area (Å²) in [6.45, 7) is 0.0939. The zero-order valence-electron chi connectivity index (χ0n) is 10.5. The number of nitrogens with one attached hydrogen (secondary N) is 1. The number of benzene rings is 1. The fraction of sp³-hybridized carbons (Fsp3) is 0.0769. The molecule has 0 aliphatic carbocycles. The zero-order chi connectivity index (χ0) is 15.4. The predicted octanol–water partition coefficient (Wildman–Crippen LogP) is 2.75. The molecule has 0 aliphatic rings. The number of halogens is 2. The van der Waals surface area contributed by atoms with Gasteiger partial charge in [0.15, 0.2) is 11.6 Å². The molecule has 8 heteroatoms. The third-order valence-corrected chi connectivity index (χ3v) is 2.65. The lowest BCUT2D eigenvalue weighted by Gasteiger charge is -2.07. The lowest BCUT2D eigenvalue weighted by Crippen LogP contribution is -2.05. The van der Waals surface area contributed by atoms with Crippen LogP contribution in [0.15, 0.2) is 30.5 Å². The van der Waals surface area contributed by atoms with E-state index in [1.54, 1.807) is 6.07 Å². The van der Waals surface area contributed by atoms with Crippen LogP contribution in [0.1, 0.15) is 11.1 Å². The molecule has 0 amide bonds. The van der Waals surface area contributed by atoms with Gasteiger partial charge in [0, 0.05) is 12.6 Å². The highest BCUT2D eigenvalue weighted by atomic mass is 19.2. The third kappa shape index (κ3) is 3.27. The maximum atomic E-state index is 13.0. The van der Waals surface area contributed by atoms with Gasteiger partial charge in [-0.15, -0.1) is 0 Å². The van der Waals surface area contributed by atoms with Crippen molar-refractivity contribution in [3.05, 3.63) is 63.3 Å². The summed E-state index contributed by atoms with van der Waals surface area (Å²) in [5.41, 5.74) is 0.134. The molecule has 0 saturated carbocycles. The summed E-state index contributed by atoms with van der Waals surface area (Å²) in [6, 6.07) is 6.25. The van der Waals surface area contributed by atoms with E-state index in [1.807, 2.05) is 0 Å². The van der Waals surface area contributed by atoms with E-state index in [9.17, 15) is 18.9 Å². The molecular weight excluding hydrogens is 282 g/mol. The minimum absolute atomic E-state index is 0.00761. The van der Waals surface area contributed by atoms with Crippen LogP contribution in [0.4, 0.5) is 20.3 Å². The van der Waals surface area contributed by atoms with Crippen LogP contribution in [0.25, 0.3) is 0 Å². The van der Waals surface area contributed by atoms with Gasteiger partial charge in [-0.05, 0) is 17.7 Å². The van der Waals surface area contributed by atoms with Gasteiger partial charge in [0.25, 0.3) is 5.69 Å². The SMILES string of the molecule is N#Cc1cc([N+](=O)[O-])cnc1NCc1ccc(F)c(F)c1. The number of pyridine rings is 1. The molecule has 0 atom stereocenters. The van der Waals surface area contributed by atoms with Gasteiger partial charge in [-0.3, -0.25) is 10.1 Å². The zero-order valence-corrected chi connectivity index (χ0v) is 10.5. The summed E-state index contributed by atoms with van der Waals surface area (Å²) < 4.78 is 25.8. The molecule has 0 aliphatic heterocycles. The molecule has 1 aromatic heterocycles. The molecule has 0 bridgehead atoms. The van der Waals surface area contributed by atoms with E-state index < -0.39 is 16.6 Å². The molecule has 106 valence electrons. The number of anilines is 1. The Balaban J connectivity index is 2.18. The van der Waals surface area contributed by atoms with E-state index in [0.29, 0.717) is 5.56 Å². The van der Waals surface area contributed by atoms with Gasteiger partial charge in [-0.2, -0.15) is 5.26 Å². The third-order valence-electron chi connectivity index (χ3n) is 2.65. The Morgan fingerprint density at radius 2 is 2.10 bits per heavy atom. The first-order chi connectivity index (χ1) is 10.0. The Bertz CT molecular complexity index is 743. The van der Waals surface area contributed by atoms with E-state index in [1.165, 1.54) is 6.07 Å². The topological polar surface area (TPSA) is 91.8 Å². The average molecular weight is 290 g/mol. The van der Waals surface area contributed by atoms with Crippen LogP contribution in [0.2, 0.25) is 0 Å². The smallest absolute Gasteiger partial charge is 0.289 e. The summed E-state index contributed by atoms with van der Waals surface area (Å²) in [6.07, 6.45) is 1.01. The van der Waals surface area contributed by atoms with Crippen LogP contribution in [0, 0.1) is 33.1 Å². The number of hydrogen-bond donors (Lipinski definition) is 1. The van der Waals surface area contributed by atoms with Crippen molar-refractivity contribution in [1.82, 2.24) is 4.98 Å². The second kappa shape index (κ2) is 5.92. The predicted molar refractivity (Wildman–Crippen MR) is 69.3 cm³/mol. The van der Waals surface area contributed by atoms with Crippen molar-refractivity contribution < 1.29 is 13.7 Å². The lowest BCUT2D eigenvalue weighted by molar-refractivity contribution is -0.385. The molecule has 0 fully saturated rings. The summed E-state index contributed by atoms with van der Waals surface area (Å²) in [7, 11) is 0. The van der Waals surface area contributed by atoms with Gasteiger partial charge >= 0.3 is 0 Å². The molecule has 2 aromatic rings. The Hall–Kier alpha value is -3.08. The van der Waals surface area contributed by atoms with Crippen molar-refractivity contribution in [2.45, 2.75) is 6.54 Å². The highest BCUT2D eigenvalue weighted by molar-refractivity contribution is 5.55. The summed E-state index contributed by atoms with van der Waals surface area (Å²) in [5, 5.41) is 22.3. The Labute approximate surface area is 117 Å². The highest BCUT2D eigenvalue weighted by Gasteiger charge is 2.12. The average Bonchev–Trinajstić information content (AvgIpc) is 2.48. The molecule has 0 radical (unpaired) electrons. The molecule has 0 saturated heterocycles. The fourth-order valence-corrected chi connectivity index (χ4v) is 1.62. The van der Waals surface area contributed by atoms with Crippen molar-refractivity contribution >= 4 is 11.5 Å². The van der Waals surface area contributed by atoms with Gasteiger partial charge < -0.3 is 5.32 Å². The first-order valence-corrected chi connectivity index (χ1v) is 5.73. The quantitative estimate of drug-likeness (QED) is 0.690. The highest BCUT2D eigenvalue weighted by Crippen LogP contribution is 2.19. The van der Waals surface area contributed by atoms with Crippen molar-refractivity contribution in [3.8, 4) is 6.07 Å². The largest absolute Gasteiger partial charge is 0.365 e. The first-order valence-electron chi connectivity index (χ1n) is 5.73. The van der Waals surface area contributed by atoms with Gasteiger partial charge in [-0.25, -0.2) is 13.8 Å². The maximum Gasteiger partial charge on any atom is 0.289 e. The standard InChI is InChI=1S/C13H8F2N4O2/c14-11-2-1-8(3-12(11)15)6-17-13-9(5-16)4-10(7-18-13)19(20)21/h1-4,7H,6H2,(H,17,18). The lowest BCUT2D eigenvalue weighted by atomic mass is 10.2. The molecule has 0 unspecified atom stereocenters. The van der Waals surface area contributed by atoms with Crippen LogP contribution >= 0.6 is 0 Å². The molecule has 1 N–H and O–H groups in total. The summed E-state index contributed by atoms with van der Waals surface area (Å²) in [5.74, 6) is -1.80. The molecule has 6 nitrogen and oxygen atoms in total. The Morgan fingerprint density at radius 1 is 1.33 bits per heavy atom. The second-order valence-corrected chi connectivity index (χ2v) is 4.06. The number of nitrogens with zero attached hydrogens (tertiary/aromatic N) is 3. The van der Waals surface area contributed by atoms with Gasteiger partial charge in [0.05, 0.1) is 4.92 Å². The molecule has 21 heavy (non-hydrogen) atoms. The minimum Gasteiger partial charge on any atom is -0.365 e. The first kappa shape index (κ1) is 14.3. The Kier molecular flexibility index (Phi) is 4.04. The second-order valence-electron chi connectivity index (χ2n) is 4.06. The molecule has 0 spiro atoms. The van der Waals surface area contributed by atoms with Crippen LogP contribution in [-0.2, 0) is 6.54 Å². The van der Waals surface area contributed by atoms with E-state index in [0.717, 1.165) is 24.4 Å². The monoisotopic (exact) mass is 290 g/mol. The molecule has 2 rings (SSSR count). The molecule has 1 aromatic carbocycles. The maximum absolute atomic E-state index is 13.0. The Morgan fingerprint density at radius 3 is 2.71 bits per heavy atom. The van der Waals surface area contributed by atoms with Crippen molar-refractivity contribution in [2.24, 2.45) is 0 Å². The van der Waals surface area contributed by atoms with Gasteiger partial charge in [0.2, 0.25) is 0 Å². The normalized spacial score (nSPS) is 9.95. The van der Waals surface area contributed by atoms with Crippen molar-refractivity contribution in [3.63, 3.8) is 0 Å². The minimum atomic E-state index is -0.980. The van der Waals surface area contributed by atoms with Gasteiger partial charge in [0.1, 0.15) is 23.6 Å². The number of nitro groups is 1. The van der Waals surface area contributed by atoms with E-state index in [4.69, 9.17) is 5.26 Å². The van der Waals surface area contributed by atoms with Gasteiger partial charge in [-0.1, -0.05) is 6.07 Å². The van der Waals surface area contributed by atoms with Crippen LogP contribution in [-0.4, -0.2) is 9.91 Å². The number of nitriles is 1. The number of rotatable bonds is 4. The van der Waals surface area contributed by atoms with E-state index in [-0.39, 0.29) is 23.6 Å². The van der Waals surface area contributed by atoms with Crippen LogP contribution in [0.5, 0.6) is 0 Å². The van der Waals surface area contributed by atoms with Crippen LogP contribution < -0.4 is 5.32 Å². The fourth-order valence-electron chi connectivity index (χ4n) is 1.62. The van der Waals surface area contributed by atoms with E-state index in [2.05, 4.69) is 10.3 Å². The molecule has 1 heterocycles. The molecular formula is C13H8F2N4O2. The van der Waals surface area contributed by atoms with E-state index >= 15 is 0 Å². The van der Waals surface area contributed by atoms with Crippen LogP contribution in [0.3, 0.4) is 0 Å². The summed E-state index contributed by atoms with van der Waals surface area (Å²) >= 11 is 0. The van der Waals surface area contributed by atoms with Crippen molar-refractivity contribution in [1.29, 1.82) is 5.26 Å². The number of hydrogen-bond acceptors (Lipinski definition) is 5. The van der Waals surface area contributed by atoms with Crippen molar-refractivity contribution in [2.75, 3.05) is 5.32 Å². The number of aromatic nitrogens is 1.